The third kappa shape index (κ3) is 6.56. The third-order valence-electron chi connectivity index (χ3n) is 6.51. The first-order valence-corrected chi connectivity index (χ1v) is 14.8. The highest BCUT2D eigenvalue weighted by molar-refractivity contribution is 7.14. The molecular weight excluding hydrogens is 480 g/mol. The lowest BCUT2D eigenvalue weighted by atomic mass is 10.0. The highest BCUT2D eigenvalue weighted by Crippen LogP contribution is 2.41. The number of aryl methyl sites for hydroxylation is 1. The normalized spacial score (nSPS) is 11.6. The molecule has 1 aromatic carbocycles. The van der Waals surface area contributed by atoms with Crippen LogP contribution in [0.3, 0.4) is 0 Å². The fraction of sp³-hybridized carbons (Fsp3) is 0.500. The van der Waals surface area contributed by atoms with Crippen molar-refractivity contribution in [3.05, 3.63) is 46.7 Å². The van der Waals surface area contributed by atoms with E-state index in [2.05, 4.69) is 17.1 Å². The van der Waals surface area contributed by atoms with E-state index in [-0.39, 0.29) is 11.1 Å². The zero-order valence-electron chi connectivity index (χ0n) is 20.6. The van der Waals surface area contributed by atoms with Crippen molar-refractivity contribution in [1.82, 2.24) is 15.0 Å². The van der Waals surface area contributed by atoms with Crippen LogP contribution < -0.4 is 0 Å². The van der Waals surface area contributed by atoms with Crippen molar-refractivity contribution < 1.29 is 8.78 Å². The number of thiophene rings is 2. The van der Waals surface area contributed by atoms with Gasteiger partial charge in [0.05, 0.1) is 17.7 Å². The second-order valence-corrected chi connectivity index (χ2v) is 11.1. The van der Waals surface area contributed by atoms with E-state index in [1.165, 1.54) is 86.9 Å². The molecule has 0 aliphatic heterocycles. The van der Waals surface area contributed by atoms with Crippen molar-refractivity contribution >= 4 is 33.7 Å². The lowest BCUT2D eigenvalue weighted by molar-refractivity contribution is 0.483. The van der Waals surface area contributed by atoms with Crippen LogP contribution in [0.15, 0.2) is 35.0 Å². The van der Waals surface area contributed by atoms with E-state index in [9.17, 15) is 0 Å². The molecule has 0 aliphatic rings. The SMILES string of the molecule is CCCCCCCCCCCCCCn1nc2c(-c3cccs3)c(F)c(F)c(-c3cccs3)c2n1. The summed E-state index contributed by atoms with van der Waals surface area (Å²) in [6.45, 7) is 2.91. The molecule has 35 heavy (non-hydrogen) atoms. The Bertz CT molecular complexity index is 1090. The van der Waals surface area contributed by atoms with Gasteiger partial charge in [0.15, 0.2) is 11.6 Å². The van der Waals surface area contributed by atoms with Gasteiger partial charge in [-0.1, -0.05) is 89.7 Å². The van der Waals surface area contributed by atoms with Crippen molar-refractivity contribution in [2.45, 2.75) is 90.5 Å². The van der Waals surface area contributed by atoms with E-state index < -0.39 is 11.6 Å². The van der Waals surface area contributed by atoms with Gasteiger partial charge in [0, 0.05) is 9.75 Å². The molecule has 0 saturated heterocycles. The van der Waals surface area contributed by atoms with Gasteiger partial charge in [-0.15, -0.1) is 22.7 Å². The molecule has 7 heteroatoms. The monoisotopic (exact) mass is 515 g/mol. The quantitative estimate of drug-likeness (QED) is 0.147. The maximum atomic E-state index is 15.3. The number of benzene rings is 1. The smallest absolute Gasteiger partial charge is 0.170 e. The molecule has 0 spiro atoms. The number of halogens is 2. The fourth-order valence-electron chi connectivity index (χ4n) is 4.60. The molecule has 0 saturated carbocycles. The summed E-state index contributed by atoms with van der Waals surface area (Å²) in [7, 11) is 0. The molecule has 4 rings (SSSR count). The summed E-state index contributed by atoms with van der Waals surface area (Å²) in [5.74, 6) is -1.69. The summed E-state index contributed by atoms with van der Waals surface area (Å²) < 4.78 is 30.5. The number of hydrogen-bond acceptors (Lipinski definition) is 4. The maximum absolute atomic E-state index is 15.3. The number of fused-ring (bicyclic) bond motifs is 1. The summed E-state index contributed by atoms with van der Waals surface area (Å²) in [4.78, 5) is 2.97. The average Bonchev–Trinajstić information content (AvgIpc) is 3.63. The zero-order chi connectivity index (χ0) is 24.5. The highest BCUT2D eigenvalue weighted by atomic mass is 32.1. The first kappa shape index (κ1) is 26.0. The molecule has 0 atom stereocenters. The van der Waals surface area contributed by atoms with Crippen LogP contribution in [0.4, 0.5) is 8.78 Å². The Hall–Kier alpha value is -2.12. The minimum Gasteiger partial charge on any atom is -0.203 e. The largest absolute Gasteiger partial charge is 0.203 e. The number of rotatable bonds is 15. The zero-order valence-corrected chi connectivity index (χ0v) is 22.2. The Balaban J connectivity index is 1.37. The van der Waals surface area contributed by atoms with E-state index in [1.54, 1.807) is 16.9 Å². The molecule has 0 radical (unpaired) electrons. The molecule has 0 bridgehead atoms. The molecule has 3 aromatic heterocycles. The molecule has 188 valence electrons. The minimum atomic E-state index is -0.847. The van der Waals surface area contributed by atoms with Gasteiger partial charge in [-0.3, -0.25) is 0 Å². The average molecular weight is 516 g/mol. The lowest BCUT2D eigenvalue weighted by Gasteiger charge is -2.07. The summed E-state index contributed by atoms with van der Waals surface area (Å²) in [5, 5.41) is 13.0. The molecule has 4 aromatic rings. The van der Waals surface area contributed by atoms with Crippen molar-refractivity contribution in [3.8, 4) is 20.9 Å². The van der Waals surface area contributed by atoms with Gasteiger partial charge >= 0.3 is 0 Å². The van der Waals surface area contributed by atoms with E-state index in [4.69, 9.17) is 0 Å². The van der Waals surface area contributed by atoms with Crippen molar-refractivity contribution in [3.63, 3.8) is 0 Å². The van der Waals surface area contributed by atoms with Gasteiger partial charge in [0.25, 0.3) is 0 Å². The van der Waals surface area contributed by atoms with Crippen LogP contribution >= 0.6 is 22.7 Å². The second kappa shape index (κ2) is 13.3. The number of unbranched alkanes of at least 4 members (excludes halogenated alkanes) is 11. The van der Waals surface area contributed by atoms with Crippen LogP contribution in [-0.4, -0.2) is 15.0 Å². The van der Waals surface area contributed by atoms with Crippen molar-refractivity contribution in [2.24, 2.45) is 0 Å². The van der Waals surface area contributed by atoms with E-state index in [0.29, 0.717) is 27.3 Å². The van der Waals surface area contributed by atoms with Crippen LogP contribution in [0.5, 0.6) is 0 Å². The van der Waals surface area contributed by atoms with E-state index in [0.717, 1.165) is 12.8 Å². The Morgan fingerprint density at radius 2 is 1.09 bits per heavy atom. The molecule has 3 nitrogen and oxygen atoms in total. The minimum absolute atomic E-state index is 0.216. The molecule has 3 heterocycles. The molecule has 0 N–H and O–H groups in total. The van der Waals surface area contributed by atoms with Crippen LogP contribution in [0, 0.1) is 11.6 Å². The van der Waals surface area contributed by atoms with Crippen LogP contribution in [0.1, 0.15) is 84.0 Å². The van der Waals surface area contributed by atoms with Gasteiger partial charge in [-0.05, 0) is 29.3 Å². The standard InChI is InChI=1S/C28H35F2N3S2/c1-2-3-4-5-6-7-8-9-10-11-12-13-18-33-31-27-23(21-16-14-19-34-21)25(29)26(30)24(28(27)32-33)22-17-15-20-35-22/h14-17,19-20H,2-13,18H2,1H3. The first-order valence-electron chi connectivity index (χ1n) is 13.0. The fourth-order valence-corrected chi connectivity index (χ4v) is 6.13. The summed E-state index contributed by atoms with van der Waals surface area (Å²) in [6.07, 6.45) is 15.4. The summed E-state index contributed by atoms with van der Waals surface area (Å²) in [5.41, 5.74) is 1.31. The molecule has 0 unspecified atom stereocenters. The number of hydrogen-bond donors (Lipinski definition) is 0. The van der Waals surface area contributed by atoms with Crippen molar-refractivity contribution in [1.29, 1.82) is 0 Å². The van der Waals surface area contributed by atoms with Crippen LogP contribution in [0.25, 0.3) is 31.9 Å². The first-order chi connectivity index (χ1) is 17.2. The number of aromatic nitrogens is 3. The Morgan fingerprint density at radius 3 is 1.49 bits per heavy atom. The maximum Gasteiger partial charge on any atom is 0.170 e. The second-order valence-electron chi connectivity index (χ2n) is 9.21. The van der Waals surface area contributed by atoms with Gasteiger partial charge in [-0.2, -0.15) is 15.0 Å². The van der Waals surface area contributed by atoms with Gasteiger partial charge in [0.1, 0.15) is 11.0 Å². The topological polar surface area (TPSA) is 30.7 Å². The molecule has 0 aliphatic carbocycles. The lowest BCUT2D eigenvalue weighted by Crippen LogP contribution is -2.02. The van der Waals surface area contributed by atoms with Crippen molar-refractivity contribution in [2.75, 3.05) is 0 Å². The van der Waals surface area contributed by atoms with E-state index >= 15 is 8.78 Å². The molecule has 0 fully saturated rings. The summed E-state index contributed by atoms with van der Waals surface area (Å²) in [6, 6.07) is 7.29. The van der Waals surface area contributed by atoms with Crippen LogP contribution in [0.2, 0.25) is 0 Å². The predicted octanol–water partition coefficient (Wildman–Crippen LogP) is 9.87. The van der Waals surface area contributed by atoms with Gasteiger partial charge in [-0.25, -0.2) is 8.78 Å². The van der Waals surface area contributed by atoms with Crippen LogP contribution in [-0.2, 0) is 6.54 Å². The summed E-state index contributed by atoms with van der Waals surface area (Å²) >= 11 is 2.76. The van der Waals surface area contributed by atoms with Gasteiger partial charge in [0.2, 0.25) is 0 Å². The highest BCUT2D eigenvalue weighted by Gasteiger charge is 2.26. The molecular formula is C28H35F2N3S2. The Labute approximate surface area is 215 Å². The predicted molar refractivity (Wildman–Crippen MR) is 145 cm³/mol. The number of nitrogens with zero attached hydrogens (tertiary/aromatic N) is 3. The Kier molecular flexibility index (Phi) is 9.83. The third-order valence-corrected chi connectivity index (χ3v) is 8.28. The van der Waals surface area contributed by atoms with E-state index in [1.807, 2.05) is 22.9 Å². The Morgan fingerprint density at radius 1 is 0.657 bits per heavy atom. The van der Waals surface area contributed by atoms with Gasteiger partial charge < -0.3 is 0 Å². The molecule has 0 amide bonds.